The number of phenolic OH excluding ortho intramolecular Hbond substituents is 1. The summed E-state index contributed by atoms with van der Waals surface area (Å²) in [6.07, 6.45) is 10.8. The molecule has 1 saturated heterocycles. The molecule has 0 bridgehead atoms. The maximum Gasteiger partial charge on any atom is 0.411 e. The number of likely N-dealkylation sites (tertiary alicyclic amines) is 1. The molecular weight excluding hydrogens is 597 g/mol. The second-order valence-electron chi connectivity index (χ2n) is 10.3. The Hall–Kier alpha value is -4.04. The Morgan fingerprint density at radius 2 is 1.68 bits per heavy atom. The van der Waals surface area contributed by atoms with Gasteiger partial charge in [0.15, 0.2) is 0 Å². The second kappa shape index (κ2) is 17.3. The Balaban J connectivity index is 1.37. The van der Waals surface area contributed by atoms with Crippen LogP contribution >= 0.6 is 23.2 Å². The molecule has 1 fully saturated rings. The molecule has 0 spiro atoms. The number of alkyl carbamates (subject to hydrolysis) is 1. The lowest BCUT2D eigenvalue weighted by atomic mass is 10.0. The highest BCUT2D eigenvalue weighted by Crippen LogP contribution is 2.31. The van der Waals surface area contributed by atoms with E-state index in [0.717, 1.165) is 44.5 Å². The molecule has 232 valence electrons. The third-order valence-corrected chi connectivity index (χ3v) is 7.69. The zero-order chi connectivity index (χ0) is 32.1. The summed E-state index contributed by atoms with van der Waals surface area (Å²) in [6.45, 7) is 18.3. The van der Waals surface area contributed by atoms with Gasteiger partial charge >= 0.3 is 6.09 Å². The van der Waals surface area contributed by atoms with Crippen LogP contribution in [0.1, 0.15) is 34.3 Å². The van der Waals surface area contributed by atoms with Gasteiger partial charge in [0, 0.05) is 31.2 Å². The third kappa shape index (κ3) is 10.6. The molecule has 0 saturated carbocycles. The molecule has 1 aliphatic rings. The fourth-order valence-corrected chi connectivity index (χ4v) is 5.14. The van der Waals surface area contributed by atoms with Crippen LogP contribution < -0.4 is 10.6 Å². The van der Waals surface area contributed by atoms with Crippen LogP contribution in [-0.4, -0.2) is 54.3 Å². The normalized spacial score (nSPS) is 14.2. The van der Waals surface area contributed by atoms with E-state index in [1.165, 1.54) is 17.7 Å². The lowest BCUT2D eigenvalue weighted by molar-refractivity contribution is 0.0527. The molecule has 3 rings (SSSR count). The average molecular weight is 637 g/mol. The molecule has 2 amide bonds. The van der Waals surface area contributed by atoms with Gasteiger partial charge in [0.05, 0.1) is 16.3 Å². The maximum absolute atomic E-state index is 12.6. The van der Waals surface area contributed by atoms with Crippen molar-refractivity contribution in [1.82, 2.24) is 15.5 Å². The monoisotopic (exact) mass is 635 g/mol. The van der Waals surface area contributed by atoms with Gasteiger partial charge in [0.1, 0.15) is 11.9 Å². The van der Waals surface area contributed by atoms with Crippen molar-refractivity contribution in [3.05, 3.63) is 137 Å². The minimum Gasteiger partial charge on any atom is -0.506 e. The molecule has 44 heavy (non-hydrogen) atoms. The van der Waals surface area contributed by atoms with Crippen molar-refractivity contribution < 1.29 is 19.4 Å². The molecule has 0 atom stereocenters. The summed E-state index contributed by atoms with van der Waals surface area (Å²) in [6, 6.07) is 11.1. The minimum absolute atomic E-state index is 0.0350. The standard InChI is InChI=1S/C35H39Cl2N3O4/c1-5-7-9-24(3)25(4)32(8-6-2)39-35(43)44-29-16-20-40(21-17-29)19-15-27-12-10-26(11-13-27)14-18-38-34(42)30-22-28(36)23-31(37)33(30)41/h5-13,22-23,29,41H,1-4,14-21H2,(H,38,42)(H,39,43)/b9-7-,32-8+. The Morgan fingerprint density at radius 3 is 2.32 bits per heavy atom. The number of piperidine rings is 1. The second-order valence-corrected chi connectivity index (χ2v) is 11.2. The van der Waals surface area contributed by atoms with Crippen LogP contribution in [0.2, 0.25) is 10.0 Å². The van der Waals surface area contributed by atoms with Crippen LogP contribution in [-0.2, 0) is 17.6 Å². The highest BCUT2D eigenvalue weighted by Gasteiger charge is 2.23. The van der Waals surface area contributed by atoms with Crippen molar-refractivity contribution in [2.75, 3.05) is 26.2 Å². The van der Waals surface area contributed by atoms with E-state index in [1.54, 1.807) is 30.4 Å². The molecule has 9 heteroatoms. The van der Waals surface area contributed by atoms with Crippen molar-refractivity contribution in [2.24, 2.45) is 0 Å². The number of nitrogens with zero attached hydrogens (tertiary/aromatic N) is 1. The summed E-state index contributed by atoms with van der Waals surface area (Å²) >= 11 is 11.9. The Morgan fingerprint density at radius 1 is 1.02 bits per heavy atom. The first kappa shape index (κ1) is 34.5. The van der Waals surface area contributed by atoms with Gasteiger partial charge in [0.25, 0.3) is 5.91 Å². The molecule has 2 aromatic carbocycles. The van der Waals surface area contributed by atoms with E-state index in [9.17, 15) is 14.7 Å². The topological polar surface area (TPSA) is 90.9 Å². The van der Waals surface area contributed by atoms with E-state index in [-0.39, 0.29) is 27.5 Å². The highest BCUT2D eigenvalue weighted by atomic mass is 35.5. The first-order valence-corrected chi connectivity index (χ1v) is 15.1. The SMILES string of the molecule is C=C/C=C\C(=C)C(=C)/C(=C\C=C)NC(=O)OC1CCN(CCc2ccc(CCNC(=O)c3cc(Cl)cc(Cl)c3O)cc2)CC1. The van der Waals surface area contributed by atoms with Crippen molar-refractivity contribution >= 4 is 35.2 Å². The van der Waals surface area contributed by atoms with Gasteiger partial charge in [-0.3, -0.25) is 10.1 Å². The quantitative estimate of drug-likeness (QED) is 0.189. The number of ether oxygens (including phenoxy) is 1. The Labute approximate surface area is 269 Å². The zero-order valence-electron chi connectivity index (χ0n) is 24.8. The van der Waals surface area contributed by atoms with Crippen molar-refractivity contribution in [1.29, 1.82) is 0 Å². The van der Waals surface area contributed by atoms with Gasteiger partial charge in [0.2, 0.25) is 0 Å². The van der Waals surface area contributed by atoms with Gasteiger partial charge in [-0.2, -0.15) is 0 Å². The first-order chi connectivity index (χ1) is 21.1. The average Bonchev–Trinajstić information content (AvgIpc) is 3.01. The molecule has 0 unspecified atom stereocenters. The smallest absolute Gasteiger partial charge is 0.411 e. The van der Waals surface area contributed by atoms with Crippen LogP contribution in [0.5, 0.6) is 5.75 Å². The number of carbonyl (C=O) groups excluding carboxylic acids is 2. The van der Waals surface area contributed by atoms with Gasteiger partial charge in [-0.15, -0.1) is 0 Å². The van der Waals surface area contributed by atoms with Gasteiger partial charge < -0.3 is 20.1 Å². The zero-order valence-corrected chi connectivity index (χ0v) is 26.3. The molecular formula is C35H39Cl2N3O4. The van der Waals surface area contributed by atoms with E-state index in [1.807, 2.05) is 0 Å². The van der Waals surface area contributed by atoms with Gasteiger partial charge in [-0.25, -0.2) is 4.79 Å². The van der Waals surface area contributed by atoms with Crippen LogP contribution in [0.4, 0.5) is 4.79 Å². The molecule has 0 aromatic heterocycles. The molecule has 1 aliphatic heterocycles. The summed E-state index contributed by atoms with van der Waals surface area (Å²) in [4.78, 5) is 27.4. The van der Waals surface area contributed by atoms with E-state index in [4.69, 9.17) is 27.9 Å². The third-order valence-electron chi connectivity index (χ3n) is 7.19. The Kier molecular flexibility index (Phi) is 13.5. The van der Waals surface area contributed by atoms with Crippen molar-refractivity contribution in [2.45, 2.75) is 31.8 Å². The molecule has 0 radical (unpaired) electrons. The minimum atomic E-state index is -0.523. The fourth-order valence-electron chi connectivity index (χ4n) is 4.65. The van der Waals surface area contributed by atoms with Crippen LogP contribution in [0.15, 0.2) is 110 Å². The lowest BCUT2D eigenvalue weighted by Crippen LogP contribution is -2.40. The number of amides is 2. The summed E-state index contributed by atoms with van der Waals surface area (Å²) in [5.41, 5.74) is 4.06. The van der Waals surface area contributed by atoms with Crippen LogP contribution in [0, 0.1) is 0 Å². The summed E-state index contributed by atoms with van der Waals surface area (Å²) in [5, 5.41) is 15.9. The predicted molar refractivity (Wildman–Crippen MR) is 179 cm³/mol. The Bertz CT molecular complexity index is 1440. The number of rotatable bonds is 14. The number of allylic oxidation sites excluding steroid dienone is 6. The number of phenols is 1. The summed E-state index contributed by atoms with van der Waals surface area (Å²) < 4.78 is 5.68. The number of hydrogen-bond acceptors (Lipinski definition) is 5. The number of halogens is 2. The molecule has 3 N–H and O–H groups in total. The number of benzene rings is 2. The van der Waals surface area contributed by atoms with Crippen LogP contribution in [0.25, 0.3) is 0 Å². The highest BCUT2D eigenvalue weighted by molar-refractivity contribution is 6.36. The maximum atomic E-state index is 12.6. The van der Waals surface area contributed by atoms with E-state index < -0.39 is 12.0 Å². The fraction of sp³-hybridized carbons (Fsp3) is 0.257. The van der Waals surface area contributed by atoms with E-state index >= 15 is 0 Å². The molecule has 1 heterocycles. The van der Waals surface area contributed by atoms with Crippen molar-refractivity contribution in [3.8, 4) is 5.75 Å². The summed E-state index contributed by atoms with van der Waals surface area (Å²) in [5.74, 6) is -0.717. The van der Waals surface area contributed by atoms with Crippen LogP contribution in [0.3, 0.4) is 0 Å². The van der Waals surface area contributed by atoms with Crippen molar-refractivity contribution in [3.63, 3.8) is 0 Å². The van der Waals surface area contributed by atoms with Gasteiger partial charge in [-0.05, 0) is 66.2 Å². The number of carbonyl (C=O) groups is 2. The summed E-state index contributed by atoms with van der Waals surface area (Å²) in [7, 11) is 0. The largest absolute Gasteiger partial charge is 0.506 e. The molecule has 0 aliphatic carbocycles. The molecule has 2 aromatic rings. The van der Waals surface area contributed by atoms with E-state index in [2.05, 4.69) is 66.1 Å². The first-order valence-electron chi connectivity index (χ1n) is 14.4. The number of aromatic hydroxyl groups is 1. The molecule has 7 nitrogen and oxygen atoms in total. The lowest BCUT2D eigenvalue weighted by Gasteiger charge is -2.31. The van der Waals surface area contributed by atoms with Gasteiger partial charge in [-0.1, -0.05) is 98.1 Å². The van der Waals surface area contributed by atoms with E-state index in [0.29, 0.717) is 29.8 Å². The number of hydrogen-bond donors (Lipinski definition) is 3. The predicted octanol–water partition coefficient (Wildman–Crippen LogP) is 7.33. The number of nitrogens with one attached hydrogen (secondary N) is 2.